The Labute approximate surface area is 110 Å². The first-order chi connectivity index (χ1) is 8.79. The van der Waals surface area contributed by atoms with Crippen LogP contribution < -0.4 is 5.32 Å². The Morgan fingerprint density at radius 3 is 3.00 bits per heavy atom. The van der Waals surface area contributed by atoms with Crippen molar-refractivity contribution < 1.29 is 4.39 Å². The second-order valence-electron chi connectivity index (χ2n) is 4.54. The van der Waals surface area contributed by atoms with Gasteiger partial charge in [0.05, 0.1) is 11.7 Å². The second kappa shape index (κ2) is 4.78. The summed E-state index contributed by atoms with van der Waals surface area (Å²) in [7, 11) is 1.96. The van der Waals surface area contributed by atoms with E-state index in [1.165, 1.54) is 17.4 Å². The molecule has 1 atom stereocenters. The highest BCUT2D eigenvalue weighted by molar-refractivity contribution is 7.15. The van der Waals surface area contributed by atoms with E-state index < -0.39 is 0 Å². The first kappa shape index (κ1) is 11.8. The van der Waals surface area contributed by atoms with Crippen molar-refractivity contribution >= 4 is 11.3 Å². The molecule has 1 aromatic heterocycles. The summed E-state index contributed by atoms with van der Waals surface area (Å²) in [5, 5.41) is 4.10. The lowest BCUT2D eigenvalue weighted by molar-refractivity contribution is 0.490. The fourth-order valence-electron chi connectivity index (χ4n) is 2.45. The summed E-state index contributed by atoms with van der Waals surface area (Å²) in [5.74, 6) is -0.190. The molecule has 18 heavy (non-hydrogen) atoms. The smallest absolute Gasteiger partial charge is 0.133 e. The molecular formula is C14H15FN2S. The Kier molecular flexibility index (Phi) is 3.14. The van der Waals surface area contributed by atoms with Crippen LogP contribution >= 0.6 is 11.3 Å². The minimum atomic E-state index is -0.190. The van der Waals surface area contributed by atoms with Gasteiger partial charge in [-0.15, -0.1) is 11.3 Å². The van der Waals surface area contributed by atoms with Gasteiger partial charge in [0.2, 0.25) is 0 Å². The lowest BCUT2D eigenvalue weighted by Gasteiger charge is -2.19. The molecule has 0 bridgehead atoms. The summed E-state index contributed by atoms with van der Waals surface area (Å²) < 4.78 is 13.8. The van der Waals surface area contributed by atoms with Crippen LogP contribution in [0.3, 0.4) is 0 Å². The molecule has 3 rings (SSSR count). The third-order valence-corrected chi connectivity index (χ3v) is 4.57. The molecule has 94 valence electrons. The fourth-order valence-corrected chi connectivity index (χ4v) is 3.64. The number of aromatic nitrogens is 1. The zero-order valence-corrected chi connectivity index (χ0v) is 11.1. The second-order valence-corrected chi connectivity index (χ2v) is 5.62. The van der Waals surface area contributed by atoms with E-state index in [-0.39, 0.29) is 5.82 Å². The van der Waals surface area contributed by atoms with Crippen molar-refractivity contribution in [2.45, 2.75) is 25.3 Å². The van der Waals surface area contributed by atoms with E-state index in [0.717, 1.165) is 23.5 Å². The summed E-state index contributed by atoms with van der Waals surface area (Å²) in [4.78, 5) is 5.95. The third kappa shape index (κ3) is 1.95. The van der Waals surface area contributed by atoms with Gasteiger partial charge in [-0.05, 0) is 38.4 Å². The Hall–Kier alpha value is -1.26. The molecule has 4 heteroatoms. The predicted octanol–water partition coefficient (Wildman–Crippen LogP) is 3.55. The molecule has 1 aliphatic carbocycles. The SMILES string of the molecule is CNC1CCCc2sc(-c3ccccc3F)nc21. The van der Waals surface area contributed by atoms with Gasteiger partial charge >= 0.3 is 0 Å². The maximum Gasteiger partial charge on any atom is 0.133 e. The summed E-state index contributed by atoms with van der Waals surface area (Å²) in [5.41, 5.74) is 1.73. The Morgan fingerprint density at radius 2 is 2.22 bits per heavy atom. The van der Waals surface area contributed by atoms with Crippen LogP contribution in [0.25, 0.3) is 10.6 Å². The average Bonchev–Trinajstić information content (AvgIpc) is 2.82. The number of aryl methyl sites for hydroxylation is 1. The Balaban J connectivity index is 2.05. The number of hydrogen-bond donors (Lipinski definition) is 1. The van der Waals surface area contributed by atoms with Crippen molar-refractivity contribution in [2.24, 2.45) is 0 Å². The molecule has 1 aromatic carbocycles. The molecule has 2 nitrogen and oxygen atoms in total. The van der Waals surface area contributed by atoms with Crippen LogP contribution in [0.1, 0.15) is 29.5 Å². The van der Waals surface area contributed by atoms with E-state index in [2.05, 4.69) is 10.3 Å². The number of halogens is 1. The number of hydrogen-bond acceptors (Lipinski definition) is 3. The minimum Gasteiger partial charge on any atom is -0.312 e. The maximum atomic E-state index is 13.8. The first-order valence-electron chi connectivity index (χ1n) is 6.21. The van der Waals surface area contributed by atoms with Gasteiger partial charge in [-0.1, -0.05) is 12.1 Å². The molecule has 1 heterocycles. The fraction of sp³-hybridized carbons (Fsp3) is 0.357. The van der Waals surface area contributed by atoms with Crippen LogP contribution in [0.2, 0.25) is 0 Å². The lowest BCUT2D eigenvalue weighted by Crippen LogP contribution is -2.21. The van der Waals surface area contributed by atoms with Gasteiger partial charge in [0.1, 0.15) is 10.8 Å². The van der Waals surface area contributed by atoms with Crippen molar-refractivity contribution in [1.82, 2.24) is 10.3 Å². The summed E-state index contributed by atoms with van der Waals surface area (Å²) in [6, 6.07) is 7.18. The van der Waals surface area contributed by atoms with Crippen molar-refractivity contribution in [3.8, 4) is 10.6 Å². The molecule has 0 saturated carbocycles. The van der Waals surface area contributed by atoms with Gasteiger partial charge in [0.15, 0.2) is 0 Å². The van der Waals surface area contributed by atoms with Crippen molar-refractivity contribution in [2.75, 3.05) is 7.05 Å². The topological polar surface area (TPSA) is 24.9 Å². The van der Waals surface area contributed by atoms with Gasteiger partial charge in [-0.2, -0.15) is 0 Å². The monoisotopic (exact) mass is 262 g/mol. The Morgan fingerprint density at radius 1 is 1.39 bits per heavy atom. The van der Waals surface area contributed by atoms with Gasteiger partial charge in [0, 0.05) is 10.4 Å². The maximum absolute atomic E-state index is 13.8. The Bertz CT molecular complexity index is 565. The van der Waals surface area contributed by atoms with Crippen LogP contribution in [-0.2, 0) is 6.42 Å². The normalized spacial score (nSPS) is 18.7. The highest BCUT2D eigenvalue weighted by atomic mass is 32.1. The third-order valence-electron chi connectivity index (χ3n) is 3.41. The lowest BCUT2D eigenvalue weighted by atomic mass is 9.98. The van der Waals surface area contributed by atoms with E-state index in [9.17, 15) is 4.39 Å². The van der Waals surface area contributed by atoms with Gasteiger partial charge in [-0.3, -0.25) is 0 Å². The van der Waals surface area contributed by atoms with Crippen LogP contribution in [0, 0.1) is 5.82 Å². The van der Waals surface area contributed by atoms with Gasteiger partial charge in [-0.25, -0.2) is 9.37 Å². The van der Waals surface area contributed by atoms with Crippen LogP contribution in [0.15, 0.2) is 24.3 Å². The summed E-state index contributed by atoms with van der Waals surface area (Å²) in [6.07, 6.45) is 3.36. The molecule has 1 unspecified atom stereocenters. The predicted molar refractivity (Wildman–Crippen MR) is 72.2 cm³/mol. The van der Waals surface area contributed by atoms with E-state index in [4.69, 9.17) is 0 Å². The molecular weight excluding hydrogens is 247 g/mol. The minimum absolute atomic E-state index is 0.190. The molecule has 0 amide bonds. The van der Waals surface area contributed by atoms with E-state index in [1.54, 1.807) is 23.5 Å². The molecule has 0 aliphatic heterocycles. The number of thiazole rings is 1. The van der Waals surface area contributed by atoms with Gasteiger partial charge in [0.25, 0.3) is 0 Å². The van der Waals surface area contributed by atoms with E-state index >= 15 is 0 Å². The first-order valence-corrected chi connectivity index (χ1v) is 7.03. The zero-order valence-electron chi connectivity index (χ0n) is 10.2. The molecule has 0 fully saturated rings. The van der Waals surface area contributed by atoms with Crippen LogP contribution in [0.4, 0.5) is 4.39 Å². The molecule has 1 aliphatic rings. The molecule has 0 radical (unpaired) electrons. The molecule has 2 aromatic rings. The number of benzene rings is 1. The molecule has 0 spiro atoms. The number of rotatable bonds is 2. The number of fused-ring (bicyclic) bond motifs is 1. The van der Waals surface area contributed by atoms with Crippen LogP contribution in [0.5, 0.6) is 0 Å². The largest absolute Gasteiger partial charge is 0.312 e. The highest BCUT2D eigenvalue weighted by Gasteiger charge is 2.24. The highest BCUT2D eigenvalue weighted by Crippen LogP contribution is 2.37. The summed E-state index contributed by atoms with van der Waals surface area (Å²) in [6.45, 7) is 0. The van der Waals surface area contributed by atoms with E-state index in [0.29, 0.717) is 11.6 Å². The number of nitrogens with one attached hydrogen (secondary N) is 1. The standard InChI is InChI=1S/C14H15FN2S/c1-16-11-7-4-8-12-13(11)17-14(18-12)9-5-2-3-6-10(9)15/h2-3,5-6,11,16H,4,7-8H2,1H3. The average molecular weight is 262 g/mol. The molecule has 1 N–H and O–H groups in total. The van der Waals surface area contributed by atoms with E-state index in [1.807, 2.05) is 13.1 Å². The quantitative estimate of drug-likeness (QED) is 0.895. The number of nitrogens with zero attached hydrogens (tertiary/aromatic N) is 1. The van der Waals surface area contributed by atoms with Crippen molar-refractivity contribution in [3.63, 3.8) is 0 Å². The molecule has 0 saturated heterocycles. The van der Waals surface area contributed by atoms with Crippen LogP contribution in [-0.4, -0.2) is 12.0 Å². The summed E-state index contributed by atoms with van der Waals surface area (Å²) >= 11 is 1.63. The van der Waals surface area contributed by atoms with Crippen molar-refractivity contribution in [3.05, 3.63) is 40.7 Å². The van der Waals surface area contributed by atoms with Gasteiger partial charge < -0.3 is 5.32 Å². The zero-order chi connectivity index (χ0) is 12.5. The van der Waals surface area contributed by atoms with Crippen molar-refractivity contribution in [1.29, 1.82) is 0 Å².